The highest BCUT2D eigenvalue weighted by Crippen LogP contribution is 2.14. The van der Waals surface area contributed by atoms with Crippen molar-refractivity contribution < 1.29 is 28.6 Å². The molecule has 61 heavy (non-hydrogen) atoms. The van der Waals surface area contributed by atoms with Crippen LogP contribution in [0, 0.1) is 0 Å². The van der Waals surface area contributed by atoms with Crippen LogP contribution in [-0.4, -0.2) is 37.2 Å². The number of ether oxygens (including phenoxy) is 3. The molecule has 0 aliphatic rings. The average molecular weight is 847 g/mol. The monoisotopic (exact) mass is 847 g/mol. The van der Waals surface area contributed by atoms with Gasteiger partial charge in [0.15, 0.2) is 6.10 Å². The lowest BCUT2D eigenvalue weighted by molar-refractivity contribution is -0.166. The Morgan fingerprint density at radius 2 is 0.738 bits per heavy atom. The number of rotatable bonds is 43. The van der Waals surface area contributed by atoms with Crippen LogP contribution < -0.4 is 0 Å². The molecule has 0 aromatic heterocycles. The fourth-order valence-corrected chi connectivity index (χ4v) is 6.53. The summed E-state index contributed by atoms with van der Waals surface area (Å²) in [6, 6.07) is 0. The molecule has 0 amide bonds. The first-order valence-corrected chi connectivity index (χ1v) is 24.8. The fraction of sp³-hybridized carbons (Fsp3) is 0.655. The van der Waals surface area contributed by atoms with Crippen molar-refractivity contribution in [2.45, 2.75) is 219 Å². The SMILES string of the molecule is CC/C=C/C=C/C=C/C=C/C=C/C=C/CCCCCC(=O)OCC(COC(=O)CCCCCCCCCCCCCCC)OC(=O)CC/C=C/C/C=C/CCCCCCCC. The van der Waals surface area contributed by atoms with Crippen LogP contribution in [0.3, 0.4) is 0 Å². The lowest BCUT2D eigenvalue weighted by atomic mass is 10.0. The van der Waals surface area contributed by atoms with Gasteiger partial charge in [-0.15, -0.1) is 0 Å². The van der Waals surface area contributed by atoms with Crippen molar-refractivity contribution in [2.24, 2.45) is 0 Å². The summed E-state index contributed by atoms with van der Waals surface area (Å²) in [5.74, 6) is -1.03. The molecule has 1 unspecified atom stereocenters. The number of unbranched alkanes of at least 4 members (excludes halogenated alkanes) is 21. The third-order valence-corrected chi connectivity index (χ3v) is 10.2. The van der Waals surface area contributed by atoms with Crippen LogP contribution in [0.15, 0.2) is 97.2 Å². The summed E-state index contributed by atoms with van der Waals surface area (Å²) in [4.78, 5) is 37.9. The Bertz CT molecular complexity index is 1250. The van der Waals surface area contributed by atoms with Gasteiger partial charge in [-0.2, -0.15) is 0 Å². The zero-order valence-corrected chi connectivity index (χ0v) is 39.4. The molecule has 0 radical (unpaired) electrons. The largest absolute Gasteiger partial charge is 0.462 e. The van der Waals surface area contributed by atoms with E-state index in [0.717, 1.165) is 64.2 Å². The molecule has 0 saturated heterocycles. The molecule has 0 aromatic rings. The van der Waals surface area contributed by atoms with Gasteiger partial charge in [0.25, 0.3) is 0 Å². The van der Waals surface area contributed by atoms with Gasteiger partial charge in [-0.25, -0.2) is 0 Å². The summed E-state index contributed by atoms with van der Waals surface area (Å²) >= 11 is 0. The molecular formula is C55H90O6. The van der Waals surface area contributed by atoms with Crippen LogP contribution in [0.5, 0.6) is 0 Å². The highest BCUT2D eigenvalue weighted by atomic mass is 16.6. The maximum Gasteiger partial charge on any atom is 0.306 e. The number of carbonyl (C=O) groups excluding carboxylic acids is 3. The van der Waals surface area contributed by atoms with Crippen LogP contribution in [0.25, 0.3) is 0 Å². The molecule has 0 bridgehead atoms. The number of carbonyl (C=O) groups is 3. The van der Waals surface area contributed by atoms with E-state index in [1.165, 1.54) is 103 Å². The molecule has 0 aromatic carbocycles. The van der Waals surface area contributed by atoms with Gasteiger partial charge in [0.2, 0.25) is 0 Å². The number of esters is 3. The Labute approximate surface area is 375 Å². The summed E-state index contributed by atoms with van der Waals surface area (Å²) in [6.07, 6.45) is 64.0. The van der Waals surface area contributed by atoms with E-state index in [0.29, 0.717) is 19.3 Å². The molecule has 0 spiro atoms. The van der Waals surface area contributed by atoms with Gasteiger partial charge in [-0.05, 0) is 57.8 Å². The third kappa shape index (κ3) is 47.2. The molecule has 346 valence electrons. The quantitative estimate of drug-likeness (QED) is 0.0200. The van der Waals surface area contributed by atoms with E-state index in [-0.39, 0.29) is 31.6 Å². The summed E-state index contributed by atoms with van der Waals surface area (Å²) in [5.41, 5.74) is 0. The van der Waals surface area contributed by atoms with Crippen molar-refractivity contribution in [1.29, 1.82) is 0 Å². The Morgan fingerprint density at radius 1 is 0.361 bits per heavy atom. The van der Waals surface area contributed by atoms with Crippen molar-refractivity contribution >= 4 is 17.9 Å². The fourth-order valence-electron chi connectivity index (χ4n) is 6.53. The van der Waals surface area contributed by atoms with Gasteiger partial charge in [0.1, 0.15) is 13.2 Å². The predicted octanol–water partition coefficient (Wildman–Crippen LogP) is 16.2. The highest BCUT2D eigenvalue weighted by Gasteiger charge is 2.19. The average Bonchev–Trinajstić information content (AvgIpc) is 3.26. The minimum absolute atomic E-state index is 0.114. The smallest absolute Gasteiger partial charge is 0.306 e. The van der Waals surface area contributed by atoms with Crippen LogP contribution in [-0.2, 0) is 28.6 Å². The molecule has 1 atom stereocenters. The lowest BCUT2D eigenvalue weighted by Crippen LogP contribution is -2.30. The Morgan fingerprint density at radius 3 is 1.21 bits per heavy atom. The van der Waals surface area contributed by atoms with E-state index in [9.17, 15) is 14.4 Å². The van der Waals surface area contributed by atoms with Crippen molar-refractivity contribution in [2.75, 3.05) is 13.2 Å². The summed E-state index contributed by atoms with van der Waals surface area (Å²) in [7, 11) is 0. The Kier molecular flexibility index (Phi) is 46.0. The second-order valence-corrected chi connectivity index (χ2v) is 16.1. The van der Waals surface area contributed by atoms with Crippen molar-refractivity contribution in [3.8, 4) is 0 Å². The van der Waals surface area contributed by atoms with Gasteiger partial charge in [0, 0.05) is 19.3 Å². The van der Waals surface area contributed by atoms with Crippen LogP contribution >= 0.6 is 0 Å². The minimum atomic E-state index is -0.824. The second-order valence-electron chi connectivity index (χ2n) is 16.1. The molecule has 6 nitrogen and oxygen atoms in total. The zero-order valence-electron chi connectivity index (χ0n) is 39.4. The predicted molar refractivity (Wildman–Crippen MR) is 260 cm³/mol. The highest BCUT2D eigenvalue weighted by molar-refractivity contribution is 5.71. The number of hydrogen-bond donors (Lipinski definition) is 0. The summed E-state index contributed by atoms with van der Waals surface area (Å²) < 4.78 is 16.7. The molecule has 0 N–H and O–H groups in total. The topological polar surface area (TPSA) is 78.9 Å². The van der Waals surface area contributed by atoms with Gasteiger partial charge < -0.3 is 14.2 Å². The van der Waals surface area contributed by atoms with E-state index in [4.69, 9.17) is 14.2 Å². The zero-order chi connectivity index (χ0) is 44.4. The molecule has 0 aliphatic heterocycles. The molecule has 0 heterocycles. The second kappa shape index (κ2) is 49.0. The molecule has 0 rings (SSSR count). The van der Waals surface area contributed by atoms with Crippen molar-refractivity contribution in [3.63, 3.8) is 0 Å². The summed E-state index contributed by atoms with van der Waals surface area (Å²) in [6.45, 7) is 6.38. The van der Waals surface area contributed by atoms with E-state index in [1.54, 1.807) is 0 Å². The van der Waals surface area contributed by atoms with Gasteiger partial charge in [0.05, 0.1) is 0 Å². The van der Waals surface area contributed by atoms with Gasteiger partial charge >= 0.3 is 17.9 Å². The van der Waals surface area contributed by atoms with Crippen molar-refractivity contribution in [1.82, 2.24) is 0 Å². The molecule has 0 saturated carbocycles. The van der Waals surface area contributed by atoms with Crippen LogP contribution in [0.2, 0.25) is 0 Å². The molecule has 0 fully saturated rings. The first kappa shape index (κ1) is 57.3. The third-order valence-electron chi connectivity index (χ3n) is 10.2. The van der Waals surface area contributed by atoms with Gasteiger partial charge in [-0.1, -0.05) is 234 Å². The molecule has 6 heteroatoms. The first-order valence-electron chi connectivity index (χ1n) is 24.8. The summed E-state index contributed by atoms with van der Waals surface area (Å²) in [5, 5.41) is 0. The van der Waals surface area contributed by atoms with E-state index in [1.807, 2.05) is 66.8 Å². The normalized spacial score (nSPS) is 12.9. The number of allylic oxidation sites excluding steroid dienone is 16. The number of hydrogen-bond acceptors (Lipinski definition) is 6. The standard InChI is InChI=1S/C55H90O6/c1-4-7-10-13-16-19-22-25-26-27-28-31-33-36-39-42-45-48-54(57)60-51-52(61-55(58)49-46-43-40-37-34-30-24-21-18-15-12-9-6-3)50-59-53(56)47-44-41-38-35-32-29-23-20-17-14-11-8-5-2/h7,10,13,16,19,22,25-28,30-31,33-34,40,43,52H,4-6,8-9,11-12,14-15,17-18,20-21,23-24,29,32,35-39,41-42,44-51H2,1-3H3/b10-7+,16-13+,22-19+,26-25+,28-27+,33-31+,34-30+,43-40+. The molecular weight excluding hydrogens is 757 g/mol. The molecule has 0 aliphatic carbocycles. The Balaban J connectivity index is 4.55. The van der Waals surface area contributed by atoms with E-state index >= 15 is 0 Å². The van der Waals surface area contributed by atoms with E-state index in [2.05, 4.69) is 51.2 Å². The maximum atomic E-state index is 12.7. The Hall–Kier alpha value is -3.67. The van der Waals surface area contributed by atoms with Gasteiger partial charge in [-0.3, -0.25) is 14.4 Å². The maximum absolute atomic E-state index is 12.7. The van der Waals surface area contributed by atoms with Crippen LogP contribution in [0.4, 0.5) is 0 Å². The minimum Gasteiger partial charge on any atom is -0.462 e. The lowest BCUT2D eigenvalue weighted by Gasteiger charge is -2.18. The van der Waals surface area contributed by atoms with Crippen molar-refractivity contribution in [3.05, 3.63) is 97.2 Å². The van der Waals surface area contributed by atoms with Crippen LogP contribution in [0.1, 0.15) is 213 Å². The van der Waals surface area contributed by atoms with E-state index < -0.39 is 12.1 Å². The first-order chi connectivity index (χ1) is 30.0.